The third-order valence-corrected chi connectivity index (χ3v) is 3.68. The molecule has 18 heavy (non-hydrogen) atoms. The van der Waals surface area contributed by atoms with Crippen molar-refractivity contribution < 1.29 is 0 Å². The molecule has 6 heteroatoms. The number of nitrogens with one attached hydrogen (secondary N) is 1. The number of nitrogen functional groups attached to an aromatic ring is 1. The topological polar surface area (TPSA) is 55.9 Å². The van der Waals surface area contributed by atoms with E-state index in [9.17, 15) is 0 Å². The average molecular weight is 377 g/mol. The van der Waals surface area contributed by atoms with Gasteiger partial charge in [-0.2, -0.15) is 5.10 Å². The van der Waals surface area contributed by atoms with Gasteiger partial charge in [0.1, 0.15) is 0 Å². The van der Waals surface area contributed by atoms with E-state index in [-0.39, 0.29) is 0 Å². The molecule has 0 saturated carbocycles. The van der Waals surface area contributed by atoms with E-state index in [4.69, 9.17) is 17.3 Å². The first-order chi connectivity index (χ1) is 8.52. The molecular weight excluding hydrogens is 363 g/mol. The molecule has 0 fully saturated rings. The molecule has 0 bridgehead atoms. The van der Waals surface area contributed by atoms with E-state index in [0.717, 1.165) is 27.2 Å². The molecule has 0 unspecified atom stereocenters. The van der Waals surface area contributed by atoms with Crippen molar-refractivity contribution in [2.45, 2.75) is 13.3 Å². The van der Waals surface area contributed by atoms with Crippen LogP contribution in [0.15, 0.2) is 18.2 Å². The summed E-state index contributed by atoms with van der Waals surface area (Å²) in [6, 6.07) is 5.79. The van der Waals surface area contributed by atoms with Crippen molar-refractivity contribution in [2.24, 2.45) is 7.05 Å². The molecule has 0 aliphatic heterocycles. The Morgan fingerprint density at radius 2 is 2.22 bits per heavy atom. The van der Waals surface area contributed by atoms with Crippen molar-refractivity contribution in [3.05, 3.63) is 32.5 Å². The third-order valence-electron chi connectivity index (χ3n) is 2.68. The maximum Gasteiger partial charge on any atom is 0.152 e. The zero-order chi connectivity index (χ0) is 13.3. The van der Waals surface area contributed by atoms with Crippen molar-refractivity contribution in [1.82, 2.24) is 9.78 Å². The first-order valence-corrected chi connectivity index (χ1v) is 7.02. The van der Waals surface area contributed by atoms with Gasteiger partial charge in [-0.1, -0.05) is 18.5 Å². The van der Waals surface area contributed by atoms with Crippen LogP contribution in [0.25, 0.3) is 0 Å². The third kappa shape index (κ3) is 2.56. The Kier molecular flexibility index (Phi) is 4.01. The second-order valence-corrected chi connectivity index (χ2v) is 5.59. The number of hydrogen-bond donors (Lipinski definition) is 2. The Morgan fingerprint density at radius 3 is 2.83 bits per heavy atom. The summed E-state index contributed by atoms with van der Waals surface area (Å²) >= 11 is 8.40. The molecule has 1 aromatic heterocycles. The first kappa shape index (κ1) is 13.5. The number of hydrogen-bond acceptors (Lipinski definition) is 3. The molecule has 0 aliphatic rings. The number of halogens is 2. The number of nitrogens with two attached hydrogens (primary N) is 1. The Balaban J connectivity index is 2.39. The maximum absolute atomic E-state index is 6.16. The molecule has 0 amide bonds. The second-order valence-electron chi connectivity index (χ2n) is 3.94. The summed E-state index contributed by atoms with van der Waals surface area (Å²) in [6.07, 6.45) is 0.807. The molecule has 4 nitrogen and oxygen atoms in total. The lowest BCUT2D eigenvalue weighted by molar-refractivity contribution is 0.753. The highest BCUT2D eigenvalue weighted by Crippen LogP contribution is 2.31. The van der Waals surface area contributed by atoms with E-state index in [1.165, 1.54) is 0 Å². The number of benzene rings is 1. The van der Waals surface area contributed by atoms with Gasteiger partial charge in [-0.05, 0) is 47.2 Å². The second kappa shape index (κ2) is 5.36. The van der Waals surface area contributed by atoms with E-state index in [1.54, 1.807) is 4.68 Å². The van der Waals surface area contributed by atoms with Crippen molar-refractivity contribution in [3.63, 3.8) is 0 Å². The van der Waals surface area contributed by atoms with Gasteiger partial charge in [0.15, 0.2) is 5.82 Å². The van der Waals surface area contributed by atoms with E-state index >= 15 is 0 Å². The van der Waals surface area contributed by atoms with Gasteiger partial charge < -0.3 is 11.1 Å². The van der Waals surface area contributed by atoms with Crippen molar-refractivity contribution >= 4 is 51.4 Å². The zero-order valence-corrected chi connectivity index (χ0v) is 13.1. The zero-order valence-electron chi connectivity index (χ0n) is 10.2. The minimum atomic E-state index is 0.661. The van der Waals surface area contributed by atoms with Crippen LogP contribution >= 0.6 is 34.2 Å². The number of rotatable bonds is 3. The van der Waals surface area contributed by atoms with Gasteiger partial charge in [0.2, 0.25) is 0 Å². The molecule has 96 valence electrons. The summed E-state index contributed by atoms with van der Waals surface area (Å²) in [5, 5.41) is 8.27. The standard InChI is InChI=1S/C12H14ClIN4/c1-3-9-11(15)12(18(2)17-9)16-10-6-7(14)4-5-8(10)13/h4-6,16H,3,15H2,1-2H3. The predicted molar refractivity (Wildman–Crippen MR) is 84.5 cm³/mol. The summed E-state index contributed by atoms with van der Waals surface area (Å²) in [5.74, 6) is 0.774. The van der Waals surface area contributed by atoms with Gasteiger partial charge in [-0.15, -0.1) is 0 Å². The molecule has 2 rings (SSSR count). The first-order valence-electron chi connectivity index (χ1n) is 5.56. The number of nitrogens with zero attached hydrogens (tertiary/aromatic N) is 2. The lowest BCUT2D eigenvalue weighted by Gasteiger charge is -2.10. The number of aromatic nitrogens is 2. The lowest BCUT2D eigenvalue weighted by atomic mass is 10.3. The lowest BCUT2D eigenvalue weighted by Crippen LogP contribution is -2.02. The highest BCUT2D eigenvalue weighted by molar-refractivity contribution is 14.1. The van der Waals surface area contributed by atoms with Gasteiger partial charge in [0.05, 0.1) is 22.1 Å². The average Bonchev–Trinajstić information content (AvgIpc) is 2.61. The number of anilines is 3. The Morgan fingerprint density at radius 1 is 1.50 bits per heavy atom. The van der Waals surface area contributed by atoms with Crippen LogP contribution in [-0.2, 0) is 13.5 Å². The Bertz CT molecular complexity index is 580. The summed E-state index contributed by atoms with van der Waals surface area (Å²) in [4.78, 5) is 0. The Labute approximate surface area is 125 Å². The molecule has 0 saturated heterocycles. The molecule has 1 heterocycles. The summed E-state index contributed by atoms with van der Waals surface area (Å²) in [5.41, 5.74) is 8.46. The normalized spacial score (nSPS) is 10.7. The SMILES string of the molecule is CCc1nn(C)c(Nc2cc(I)ccc2Cl)c1N. The Hall–Kier alpha value is -0.950. The van der Waals surface area contributed by atoms with Crippen LogP contribution < -0.4 is 11.1 Å². The quantitative estimate of drug-likeness (QED) is 0.805. The van der Waals surface area contributed by atoms with E-state index in [0.29, 0.717) is 10.7 Å². The van der Waals surface area contributed by atoms with Crippen molar-refractivity contribution in [1.29, 1.82) is 0 Å². The van der Waals surface area contributed by atoms with Crippen LogP contribution in [0.1, 0.15) is 12.6 Å². The summed E-state index contributed by atoms with van der Waals surface area (Å²) in [6.45, 7) is 2.03. The van der Waals surface area contributed by atoms with Crippen molar-refractivity contribution in [2.75, 3.05) is 11.1 Å². The van der Waals surface area contributed by atoms with E-state index < -0.39 is 0 Å². The molecule has 1 aromatic carbocycles. The van der Waals surface area contributed by atoms with E-state index in [1.807, 2.05) is 32.2 Å². The molecule has 3 N–H and O–H groups in total. The highest BCUT2D eigenvalue weighted by atomic mass is 127. The highest BCUT2D eigenvalue weighted by Gasteiger charge is 2.13. The van der Waals surface area contributed by atoms with Crippen LogP contribution in [0.5, 0.6) is 0 Å². The fourth-order valence-electron chi connectivity index (χ4n) is 1.73. The fourth-order valence-corrected chi connectivity index (χ4v) is 2.38. The summed E-state index contributed by atoms with van der Waals surface area (Å²) < 4.78 is 2.85. The molecule has 0 spiro atoms. The summed E-state index contributed by atoms with van der Waals surface area (Å²) in [7, 11) is 1.86. The minimum Gasteiger partial charge on any atom is -0.394 e. The van der Waals surface area contributed by atoms with Gasteiger partial charge in [-0.3, -0.25) is 4.68 Å². The van der Waals surface area contributed by atoms with Gasteiger partial charge in [0.25, 0.3) is 0 Å². The van der Waals surface area contributed by atoms with Gasteiger partial charge >= 0.3 is 0 Å². The van der Waals surface area contributed by atoms with Crippen LogP contribution in [0.2, 0.25) is 5.02 Å². The monoisotopic (exact) mass is 376 g/mol. The molecule has 0 radical (unpaired) electrons. The van der Waals surface area contributed by atoms with Crippen molar-refractivity contribution in [3.8, 4) is 0 Å². The van der Waals surface area contributed by atoms with Gasteiger partial charge in [0, 0.05) is 10.6 Å². The van der Waals surface area contributed by atoms with E-state index in [2.05, 4.69) is 33.0 Å². The molecule has 0 atom stereocenters. The minimum absolute atomic E-state index is 0.661. The smallest absolute Gasteiger partial charge is 0.152 e. The number of aryl methyl sites for hydroxylation is 2. The predicted octanol–water partition coefficient (Wildman–Crippen LogP) is 3.57. The maximum atomic E-state index is 6.16. The van der Waals surface area contributed by atoms with Crippen LogP contribution in [0.3, 0.4) is 0 Å². The molecular formula is C12H14ClIN4. The molecule has 2 aromatic rings. The van der Waals surface area contributed by atoms with Gasteiger partial charge in [-0.25, -0.2) is 0 Å². The molecule has 0 aliphatic carbocycles. The fraction of sp³-hybridized carbons (Fsp3) is 0.250. The van der Waals surface area contributed by atoms with Crippen LogP contribution in [0, 0.1) is 3.57 Å². The van der Waals surface area contributed by atoms with Crippen LogP contribution in [-0.4, -0.2) is 9.78 Å². The largest absolute Gasteiger partial charge is 0.394 e. The van der Waals surface area contributed by atoms with Crippen LogP contribution in [0.4, 0.5) is 17.2 Å².